The van der Waals surface area contributed by atoms with Crippen molar-refractivity contribution in [2.45, 2.75) is 66.8 Å². The van der Waals surface area contributed by atoms with Crippen LogP contribution in [0.2, 0.25) is 66.8 Å². The van der Waals surface area contributed by atoms with Crippen LogP contribution in [0, 0.1) is 0 Å². The molecule has 10 saturated heterocycles. The molecular formula is C13H18FeSi. The first kappa shape index (κ1) is 5.58. The maximum absolute atomic E-state index is 2.66. The van der Waals surface area contributed by atoms with Gasteiger partial charge in [-0.15, -0.1) is 0 Å². The molecule has 0 aromatic rings. The fourth-order valence-electron chi connectivity index (χ4n) is 17.8. The van der Waals surface area contributed by atoms with Gasteiger partial charge in [0.15, 0.2) is 0 Å². The van der Waals surface area contributed by atoms with E-state index < -0.39 is 6.51 Å². The van der Waals surface area contributed by atoms with E-state index in [-0.39, 0.29) is 8.80 Å². The van der Waals surface area contributed by atoms with Crippen LogP contribution >= 0.6 is 0 Å². The van der Waals surface area contributed by atoms with Gasteiger partial charge in [0.25, 0.3) is 0 Å². The molecule has 0 aliphatic carbocycles. The van der Waals surface area contributed by atoms with Crippen LogP contribution in [0.3, 0.4) is 0 Å². The van der Waals surface area contributed by atoms with Crippen molar-refractivity contribution in [3.05, 3.63) is 0 Å². The molecule has 0 aromatic heterocycles. The zero-order valence-electron chi connectivity index (χ0n) is 9.33. The average molecular weight is 258 g/mol. The molecule has 0 amide bonds. The average Bonchev–Trinajstić information content (AvgIpc) is 3.12. The monoisotopic (exact) mass is 258 g/mol. The maximum atomic E-state index is 2.66. The van der Waals surface area contributed by atoms with Gasteiger partial charge in [0.1, 0.15) is 0 Å². The van der Waals surface area contributed by atoms with Gasteiger partial charge in [-0.1, -0.05) is 0 Å². The molecule has 10 heterocycles. The third-order valence-corrected chi connectivity index (χ3v) is 60.6. The molecule has 10 rings (SSSR count). The van der Waals surface area contributed by atoms with Gasteiger partial charge < -0.3 is 0 Å². The van der Waals surface area contributed by atoms with Crippen molar-refractivity contribution in [2.24, 2.45) is 0 Å². The Morgan fingerprint density at radius 1 is 0.867 bits per heavy atom. The second-order valence-electron chi connectivity index (χ2n) is 11.4. The standard InChI is InChI=1S/C8H13Si.C5H5.Fe/c1-9(2)7-8-5-3-4-6-8;1-2-4-5-3-1;/h3-6,9H,7H2,1-2H3;1-5H;. The third kappa shape index (κ3) is 0.0500. The van der Waals surface area contributed by atoms with Gasteiger partial charge >= 0.3 is 82.1 Å². The topological polar surface area (TPSA) is 0 Å². The molecule has 4 unspecified atom stereocenters. The van der Waals surface area contributed by atoms with E-state index in [1.807, 2.05) is 6.04 Å². The Hall–Kier alpha value is 0.736. The van der Waals surface area contributed by atoms with Crippen LogP contribution in [0.4, 0.5) is 0 Å². The summed E-state index contributed by atoms with van der Waals surface area (Å²) in [7, 11) is -0.261. The molecule has 0 N–H and O–H groups in total. The van der Waals surface area contributed by atoms with Crippen molar-refractivity contribution in [1.29, 1.82) is 0 Å². The Bertz CT molecular complexity index is 815. The van der Waals surface area contributed by atoms with E-state index in [4.69, 9.17) is 0 Å². The molecule has 10 aliphatic rings. The Labute approximate surface area is 82.1 Å². The molecular weight excluding hydrogens is 240 g/mol. The number of rotatable bonds is 2. The van der Waals surface area contributed by atoms with Crippen LogP contribution in [0.15, 0.2) is 0 Å². The summed E-state index contributed by atoms with van der Waals surface area (Å²) >= 11 is 0. The first-order valence-electron chi connectivity index (χ1n) is 7.17. The van der Waals surface area contributed by atoms with Crippen molar-refractivity contribution < 1.29 is 6.51 Å². The summed E-state index contributed by atoms with van der Waals surface area (Å²) in [5, 5.41) is 0. The fourth-order valence-corrected chi connectivity index (χ4v) is 99.3. The molecule has 4 atom stereocenters. The predicted octanol–water partition coefficient (Wildman–Crippen LogP) is 4.23. The van der Waals surface area contributed by atoms with Gasteiger partial charge in [-0.3, -0.25) is 0 Å². The van der Waals surface area contributed by atoms with Gasteiger partial charge in [-0.2, -0.15) is 0 Å². The molecule has 0 aromatic carbocycles. The summed E-state index contributed by atoms with van der Waals surface area (Å²) in [4.78, 5) is 14.2. The van der Waals surface area contributed by atoms with Crippen molar-refractivity contribution >= 4 is 8.80 Å². The predicted molar refractivity (Wildman–Crippen MR) is 60.1 cm³/mol. The van der Waals surface area contributed by atoms with Crippen molar-refractivity contribution in [1.82, 2.24) is 0 Å². The van der Waals surface area contributed by atoms with Crippen LogP contribution in [-0.2, 0) is 6.51 Å². The summed E-state index contributed by atoms with van der Waals surface area (Å²) in [6.45, 7) is 2.76. The van der Waals surface area contributed by atoms with Crippen molar-refractivity contribution in [3.8, 4) is 0 Å². The summed E-state index contributed by atoms with van der Waals surface area (Å²) in [5.74, 6) is 0. The molecule has 0 saturated carbocycles. The van der Waals surface area contributed by atoms with Crippen molar-refractivity contribution in [3.63, 3.8) is 0 Å². The molecule has 0 radical (unpaired) electrons. The van der Waals surface area contributed by atoms with Crippen LogP contribution in [0.25, 0.3) is 0 Å². The number of hydrogen-bond acceptors (Lipinski definition) is 0. The van der Waals surface area contributed by atoms with E-state index in [9.17, 15) is 0 Å². The van der Waals surface area contributed by atoms with E-state index >= 15 is 0 Å². The first-order chi connectivity index (χ1) is 6.96. The van der Waals surface area contributed by atoms with Crippen LogP contribution in [-0.4, -0.2) is 8.80 Å². The third-order valence-electron chi connectivity index (χ3n) is 15.7. The van der Waals surface area contributed by atoms with Gasteiger partial charge in [-0.25, -0.2) is 0 Å². The molecule has 15 heavy (non-hydrogen) atoms. The first-order valence-corrected chi connectivity index (χ1v) is 16.6. The SMILES string of the molecule is C[SiH](C)C[C]12[CH]3[CH]4[CH]5[CH]1[Fe]45321678[CH]2[CH]1[CH]6[CH]7[CH]28. The zero-order chi connectivity index (χ0) is 9.30. The second kappa shape index (κ2) is 0.406. The van der Waals surface area contributed by atoms with Crippen LogP contribution < -0.4 is 0 Å². The Balaban J connectivity index is 1.70. The molecule has 82 valence electrons. The summed E-state index contributed by atoms with van der Waals surface area (Å²) < 4.78 is 1.28. The van der Waals surface area contributed by atoms with E-state index in [0.717, 1.165) is 0 Å². The number of fused-ring (bicyclic) bond motifs is 10. The quantitative estimate of drug-likeness (QED) is 0.650. The fraction of sp³-hybridized carbons (Fsp3) is 1.00. The summed E-state index contributed by atoms with van der Waals surface area (Å²) in [6, 6.07) is 1.88. The van der Waals surface area contributed by atoms with Crippen LogP contribution in [0.5, 0.6) is 0 Å². The van der Waals surface area contributed by atoms with Crippen molar-refractivity contribution in [2.75, 3.05) is 0 Å². The van der Waals surface area contributed by atoms with Gasteiger partial charge in [-0.05, 0) is 0 Å². The van der Waals surface area contributed by atoms with Gasteiger partial charge in [0.2, 0.25) is 0 Å². The molecule has 0 nitrogen and oxygen atoms in total. The Morgan fingerprint density at radius 3 is 1.53 bits per heavy atom. The molecule has 10 aliphatic heterocycles. The van der Waals surface area contributed by atoms with Crippen LogP contribution in [0.1, 0.15) is 0 Å². The zero-order valence-corrected chi connectivity index (χ0v) is 11.6. The minimum atomic E-state index is -2.56. The number of hydrogen-bond donors (Lipinski definition) is 0. The normalized spacial score (nSPS) is 134. The molecule has 1 spiro atoms. The Kier molecular flexibility index (Phi) is 0.151. The van der Waals surface area contributed by atoms with E-state index in [0.29, 0.717) is 0 Å². The summed E-state index contributed by atoms with van der Waals surface area (Å²) in [6.07, 6.45) is 0. The van der Waals surface area contributed by atoms with Gasteiger partial charge in [0, 0.05) is 0 Å². The minimum absolute atomic E-state index is 0.261. The second-order valence-corrected chi connectivity index (χ2v) is 38.3. The molecule has 0 bridgehead atoms. The molecule has 10 fully saturated rings. The van der Waals surface area contributed by atoms with E-state index in [1.165, 1.54) is 4.31 Å². The molecule has 2 heteroatoms. The van der Waals surface area contributed by atoms with Gasteiger partial charge in [0.05, 0.1) is 0 Å². The summed E-state index contributed by atoms with van der Waals surface area (Å²) in [5.41, 5.74) is 0. The van der Waals surface area contributed by atoms with E-state index in [2.05, 4.69) is 13.1 Å². The van der Waals surface area contributed by atoms with E-state index in [1.54, 1.807) is 43.3 Å². The Morgan fingerprint density at radius 2 is 1.33 bits per heavy atom.